The van der Waals surface area contributed by atoms with Crippen molar-refractivity contribution in [1.29, 1.82) is 0 Å². The van der Waals surface area contributed by atoms with E-state index >= 15 is 0 Å². The molecule has 2 unspecified atom stereocenters. The molecule has 156 valence electrons. The summed E-state index contributed by atoms with van der Waals surface area (Å²) in [5, 5.41) is 25.1. The number of aryl methyl sites for hydroxylation is 1. The molecule has 9 heteroatoms. The Kier molecular flexibility index (Phi) is 4.47. The van der Waals surface area contributed by atoms with Crippen LogP contribution < -0.4 is 10.6 Å². The first-order valence-corrected chi connectivity index (χ1v) is 10.1. The number of benzene rings is 1. The van der Waals surface area contributed by atoms with Gasteiger partial charge in [0, 0.05) is 24.3 Å². The molecule has 1 saturated carbocycles. The Morgan fingerprint density at radius 1 is 1.37 bits per heavy atom. The number of amides is 1. The maximum absolute atomic E-state index is 12.9. The lowest BCUT2D eigenvalue weighted by Gasteiger charge is -2.13. The third-order valence-electron chi connectivity index (χ3n) is 5.44. The number of nitrogens with zero attached hydrogens (tertiary/aromatic N) is 4. The number of nitrogens with one attached hydrogen (secondary N) is 2. The van der Waals surface area contributed by atoms with Crippen molar-refractivity contribution >= 4 is 22.5 Å². The summed E-state index contributed by atoms with van der Waals surface area (Å²) in [6.07, 6.45) is 7.98. The third-order valence-corrected chi connectivity index (χ3v) is 5.44. The predicted octanol–water partition coefficient (Wildman–Crippen LogP) is 2.13. The number of aliphatic hydroxyl groups excluding tert-OH is 1. The molecule has 2 atom stereocenters. The number of aliphatic hydroxyl groups is 1. The summed E-state index contributed by atoms with van der Waals surface area (Å²) in [5.41, 5.74) is 4.17. The Balaban J connectivity index is 1.30. The normalized spacial score (nSPS) is 19.3. The van der Waals surface area contributed by atoms with Gasteiger partial charge in [-0.1, -0.05) is 0 Å². The molecule has 3 aromatic rings. The molecular weight excluding hydrogens is 384 g/mol. The second-order valence-corrected chi connectivity index (χ2v) is 8.03. The molecular formula is C21H24N6O3. The van der Waals surface area contributed by atoms with Crippen LogP contribution in [-0.4, -0.2) is 36.7 Å². The molecule has 1 amide bonds. The number of carbonyl (C=O) groups excluding carboxylic acids is 1. The molecule has 0 bridgehead atoms. The molecule has 0 saturated heterocycles. The minimum Gasteiger partial charge on any atom is -0.472 e. The molecule has 9 nitrogen and oxygen atoms in total. The fourth-order valence-electron chi connectivity index (χ4n) is 3.76. The van der Waals surface area contributed by atoms with Gasteiger partial charge in [0.15, 0.2) is 6.23 Å². The lowest BCUT2D eigenvalue weighted by molar-refractivity contribution is -0.113. The maximum Gasteiger partial charge on any atom is 0.275 e. The third kappa shape index (κ3) is 3.52. The monoisotopic (exact) mass is 408 g/mol. The zero-order valence-corrected chi connectivity index (χ0v) is 16.9. The molecule has 0 spiro atoms. The van der Waals surface area contributed by atoms with Gasteiger partial charge in [-0.05, 0) is 43.4 Å². The highest BCUT2D eigenvalue weighted by Gasteiger charge is 2.29. The average Bonchev–Trinajstić information content (AvgIpc) is 3.10. The van der Waals surface area contributed by atoms with Gasteiger partial charge in [-0.3, -0.25) is 14.2 Å². The van der Waals surface area contributed by atoms with Crippen molar-refractivity contribution in [3.05, 3.63) is 53.8 Å². The summed E-state index contributed by atoms with van der Waals surface area (Å²) in [7, 11) is 1.92. The maximum atomic E-state index is 12.9. The van der Waals surface area contributed by atoms with Crippen molar-refractivity contribution < 1.29 is 14.6 Å². The Morgan fingerprint density at radius 2 is 2.20 bits per heavy atom. The van der Waals surface area contributed by atoms with E-state index in [1.165, 1.54) is 6.26 Å². The second kappa shape index (κ2) is 7.17. The van der Waals surface area contributed by atoms with Crippen molar-refractivity contribution in [2.24, 2.45) is 7.05 Å². The minimum absolute atomic E-state index is 0.251. The van der Waals surface area contributed by atoms with Gasteiger partial charge in [0.1, 0.15) is 12.0 Å². The Morgan fingerprint density at radius 3 is 2.97 bits per heavy atom. The van der Waals surface area contributed by atoms with Crippen LogP contribution in [0.5, 0.6) is 0 Å². The lowest BCUT2D eigenvalue weighted by Crippen LogP contribution is -2.25. The summed E-state index contributed by atoms with van der Waals surface area (Å²) in [6.45, 7) is 2.10. The highest BCUT2D eigenvalue weighted by molar-refractivity contribution is 6.05. The standard InChI is InChI=1S/C21H24N6O3/c1-12(28)9-27-10-15(8-23-27)21-25-18(11-30-21)20(29)24-17-5-14-7-22-26(2)19(14)6-16(17)13-3-4-13/h5-8,10-13,21,25,28H,3-4,9H2,1-2H3,(H,24,29). The molecule has 0 radical (unpaired) electrons. The lowest BCUT2D eigenvalue weighted by atomic mass is 10.1. The van der Waals surface area contributed by atoms with E-state index < -0.39 is 12.3 Å². The summed E-state index contributed by atoms with van der Waals surface area (Å²) < 4.78 is 9.13. The van der Waals surface area contributed by atoms with Crippen LogP contribution in [-0.2, 0) is 23.1 Å². The van der Waals surface area contributed by atoms with Crippen molar-refractivity contribution in [3.8, 4) is 0 Å². The highest BCUT2D eigenvalue weighted by Crippen LogP contribution is 2.44. The SMILES string of the molecule is CC(O)Cn1cc(C2NC(C(=O)Nc3cc4cnn(C)c4cc3C3CC3)=CO2)cn1. The largest absolute Gasteiger partial charge is 0.472 e. The molecule has 2 aliphatic rings. The van der Waals surface area contributed by atoms with E-state index in [1.807, 2.05) is 17.8 Å². The number of fused-ring (bicyclic) bond motifs is 1. The minimum atomic E-state index is -0.493. The summed E-state index contributed by atoms with van der Waals surface area (Å²) in [6, 6.07) is 4.11. The van der Waals surface area contributed by atoms with E-state index in [9.17, 15) is 9.90 Å². The molecule has 5 rings (SSSR count). The predicted molar refractivity (Wildman–Crippen MR) is 110 cm³/mol. The second-order valence-electron chi connectivity index (χ2n) is 8.03. The van der Waals surface area contributed by atoms with E-state index in [1.54, 1.807) is 30.2 Å². The number of anilines is 1. The zero-order valence-electron chi connectivity index (χ0n) is 16.9. The number of hydrogen-bond donors (Lipinski definition) is 3. The topological polar surface area (TPSA) is 106 Å². The van der Waals surface area contributed by atoms with E-state index in [2.05, 4.69) is 26.9 Å². The number of aromatic nitrogens is 4. The fraction of sp³-hybridized carbons (Fsp3) is 0.381. The van der Waals surface area contributed by atoms with E-state index in [4.69, 9.17) is 4.74 Å². The van der Waals surface area contributed by atoms with Gasteiger partial charge >= 0.3 is 0 Å². The summed E-state index contributed by atoms with van der Waals surface area (Å²) >= 11 is 0. The first-order valence-electron chi connectivity index (χ1n) is 10.1. The first kappa shape index (κ1) is 18.7. The van der Waals surface area contributed by atoms with Crippen LogP contribution in [0.25, 0.3) is 10.9 Å². The molecule has 3 N–H and O–H groups in total. The molecule has 1 aromatic carbocycles. The Bertz CT molecular complexity index is 1140. The van der Waals surface area contributed by atoms with Crippen molar-refractivity contribution in [1.82, 2.24) is 24.9 Å². The molecule has 1 fully saturated rings. The molecule has 2 aromatic heterocycles. The zero-order chi connectivity index (χ0) is 20.8. The number of hydrogen-bond acceptors (Lipinski definition) is 6. The van der Waals surface area contributed by atoms with Gasteiger partial charge in [-0.25, -0.2) is 0 Å². The van der Waals surface area contributed by atoms with Crippen LogP contribution in [0.3, 0.4) is 0 Å². The molecule has 3 heterocycles. The number of carbonyl (C=O) groups is 1. The molecule has 1 aliphatic heterocycles. The van der Waals surface area contributed by atoms with Crippen LogP contribution in [0.1, 0.15) is 43.0 Å². The van der Waals surface area contributed by atoms with Crippen LogP contribution in [0.2, 0.25) is 0 Å². The van der Waals surface area contributed by atoms with Gasteiger partial charge in [0.05, 0.1) is 36.1 Å². The number of rotatable bonds is 6. The fourth-order valence-corrected chi connectivity index (χ4v) is 3.76. The van der Waals surface area contributed by atoms with Gasteiger partial charge in [0.2, 0.25) is 0 Å². The Labute approximate surface area is 173 Å². The first-order chi connectivity index (χ1) is 14.5. The van der Waals surface area contributed by atoms with Crippen LogP contribution in [0.4, 0.5) is 5.69 Å². The van der Waals surface area contributed by atoms with Gasteiger partial charge in [-0.2, -0.15) is 10.2 Å². The summed E-state index contributed by atoms with van der Waals surface area (Å²) in [5.74, 6) is 0.230. The highest BCUT2D eigenvalue weighted by atomic mass is 16.5. The van der Waals surface area contributed by atoms with Gasteiger partial charge < -0.3 is 20.5 Å². The van der Waals surface area contributed by atoms with Crippen molar-refractivity contribution in [2.75, 3.05) is 5.32 Å². The number of ether oxygens (including phenoxy) is 1. The van der Waals surface area contributed by atoms with Gasteiger partial charge in [-0.15, -0.1) is 0 Å². The van der Waals surface area contributed by atoms with E-state index in [-0.39, 0.29) is 5.91 Å². The molecule has 1 aliphatic carbocycles. The van der Waals surface area contributed by atoms with E-state index in [0.717, 1.165) is 40.6 Å². The van der Waals surface area contributed by atoms with Crippen molar-refractivity contribution in [3.63, 3.8) is 0 Å². The van der Waals surface area contributed by atoms with Crippen LogP contribution in [0, 0.1) is 0 Å². The molecule has 30 heavy (non-hydrogen) atoms. The van der Waals surface area contributed by atoms with Crippen molar-refractivity contribution in [2.45, 2.75) is 44.6 Å². The smallest absolute Gasteiger partial charge is 0.275 e. The Hall–Kier alpha value is -3.33. The van der Waals surface area contributed by atoms with Crippen LogP contribution in [0.15, 0.2) is 42.7 Å². The van der Waals surface area contributed by atoms with Crippen LogP contribution >= 0.6 is 0 Å². The average molecular weight is 408 g/mol. The van der Waals surface area contributed by atoms with E-state index in [0.29, 0.717) is 18.2 Å². The summed E-state index contributed by atoms with van der Waals surface area (Å²) in [4.78, 5) is 12.9. The quantitative estimate of drug-likeness (QED) is 0.577. The van der Waals surface area contributed by atoms with Gasteiger partial charge in [0.25, 0.3) is 5.91 Å².